The van der Waals surface area contributed by atoms with Crippen LogP contribution in [0.5, 0.6) is 0 Å². The number of nitrogens with zero attached hydrogens (tertiary/aromatic N) is 3. The molecule has 2 aromatic heterocycles. The monoisotopic (exact) mass is 627 g/mol. The van der Waals surface area contributed by atoms with Gasteiger partial charge in [0.2, 0.25) is 5.95 Å². The molecule has 0 bridgehead atoms. The molecule has 4 N–H and O–H groups in total. The van der Waals surface area contributed by atoms with E-state index in [1.54, 1.807) is 4.57 Å². The molecule has 1 aliphatic carbocycles. The third-order valence-corrected chi connectivity index (χ3v) is 9.19. The second-order valence-electron chi connectivity index (χ2n) is 12.9. The van der Waals surface area contributed by atoms with Gasteiger partial charge >= 0.3 is 5.97 Å². The number of aliphatic hydroxyl groups excluding tert-OH is 1. The maximum absolute atomic E-state index is 12.4. The van der Waals surface area contributed by atoms with Crippen LogP contribution in [0.2, 0.25) is 0 Å². The average molecular weight is 628 g/mol. The molecule has 1 fully saturated rings. The number of carbonyl (C=O) groups is 2. The van der Waals surface area contributed by atoms with E-state index in [9.17, 15) is 19.5 Å². The van der Waals surface area contributed by atoms with Gasteiger partial charge in [0.15, 0.2) is 11.2 Å². The highest BCUT2D eigenvalue weighted by Gasteiger charge is 2.39. The minimum absolute atomic E-state index is 0.0180. The number of carbonyl (C=O) groups excluding carboxylic acids is 2. The van der Waals surface area contributed by atoms with E-state index in [4.69, 9.17) is 10.5 Å². The van der Waals surface area contributed by atoms with Gasteiger partial charge in [-0.15, -0.1) is 0 Å². The van der Waals surface area contributed by atoms with Gasteiger partial charge in [-0.05, 0) is 31.3 Å². The zero-order valence-corrected chi connectivity index (χ0v) is 27.6. The van der Waals surface area contributed by atoms with E-state index in [1.165, 1.54) is 89.8 Å². The summed E-state index contributed by atoms with van der Waals surface area (Å²) >= 11 is 0. The number of unbranched alkanes of at least 4 members (excludes halogenated alkanes) is 15. The Kier molecular flexibility index (Phi) is 16.4. The lowest BCUT2D eigenvalue weighted by Gasteiger charge is -2.17. The predicted octanol–water partition coefficient (Wildman–Crippen LogP) is 7.11. The van der Waals surface area contributed by atoms with Crippen LogP contribution in [-0.4, -0.2) is 49.1 Å². The first kappa shape index (κ1) is 36.5. The zero-order chi connectivity index (χ0) is 32.4. The number of rotatable bonds is 24. The summed E-state index contributed by atoms with van der Waals surface area (Å²) in [4.78, 5) is 47.5. The summed E-state index contributed by atoms with van der Waals surface area (Å²) in [7, 11) is 0. The molecular formula is C35H57N5O5. The molecule has 45 heavy (non-hydrogen) atoms. The first-order valence-corrected chi connectivity index (χ1v) is 17.6. The standard InChI is InChI=1S/C35H57N5O5/c1-3-4-5-6-7-8-9-10-11-12-13-14-15-16-17-20-27(41)21-18-19-22-31(43)45-24-28-26(2)29(23-30(28)42)40-25-37-32-33(40)38-35(36)39-34(32)44/h25,28-30,42H,2-24H2,1H3,(H3,36,38,39,44)/t28-,29-,30-/m0/s1. The van der Waals surface area contributed by atoms with Crippen molar-refractivity contribution in [2.45, 2.75) is 154 Å². The van der Waals surface area contributed by atoms with Gasteiger partial charge in [-0.2, -0.15) is 4.98 Å². The number of aromatic amines is 1. The molecule has 0 saturated heterocycles. The molecule has 0 unspecified atom stereocenters. The van der Waals surface area contributed by atoms with Crippen LogP contribution in [0.4, 0.5) is 5.95 Å². The van der Waals surface area contributed by atoms with Gasteiger partial charge in [0.1, 0.15) is 12.4 Å². The fraction of sp³-hybridized carbons (Fsp3) is 0.743. The van der Waals surface area contributed by atoms with Crippen LogP contribution in [-0.2, 0) is 14.3 Å². The van der Waals surface area contributed by atoms with Crippen LogP contribution < -0.4 is 11.3 Å². The normalized spacial score (nSPS) is 18.2. The molecule has 252 valence electrons. The zero-order valence-electron chi connectivity index (χ0n) is 27.6. The molecular weight excluding hydrogens is 570 g/mol. The first-order chi connectivity index (χ1) is 21.8. The SMILES string of the molecule is C=C1[C@H](COC(=O)CCCCC(=O)CCCCCCCCCCCCCCCCC)[C@@H](O)C[C@@H]1n1cnc2c(=O)[nH]c(N)nc21. The molecule has 0 amide bonds. The number of Topliss-reactive ketones (excluding diaryl/α,β-unsaturated/α-hetero) is 1. The van der Waals surface area contributed by atoms with Crippen molar-refractivity contribution in [3.8, 4) is 0 Å². The van der Waals surface area contributed by atoms with Gasteiger partial charge in [-0.3, -0.25) is 19.4 Å². The van der Waals surface area contributed by atoms with Gasteiger partial charge in [0.25, 0.3) is 5.56 Å². The number of ether oxygens (including phenoxy) is 1. The van der Waals surface area contributed by atoms with E-state index in [0.29, 0.717) is 43.3 Å². The highest BCUT2D eigenvalue weighted by atomic mass is 16.5. The average Bonchev–Trinajstić information content (AvgIpc) is 3.55. The third-order valence-electron chi connectivity index (χ3n) is 9.19. The summed E-state index contributed by atoms with van der Waals surface area (Å²) < 4.78 is 7.15. The predicted molar refractivity (Wildman–Crippen MR) is 179 cm³/mol. The fourth-order valence-electron chi connectivity index (χ4n) is 6.38. The summed E-state index contributed by atoms with van der Waals surface area (Å²) in [6.45, 7) is 6.43. The van der Waals surface area contributed by atoms with Gasteiger partial charge < -0.3 is 20.1 Å². The Labute approximate surface area is 268 Å². The summed E-state index contributed by atoms with van der Waals surface area (Å²) in [5.41, 5.74) is 6.43. The number of aliphatic hydroxyl groups is 1. The van der Waals surface area contributed by atoms with Crippen molar-refractivity contribution < 1.29 is 19.4 Å². The number of hydrogen-bond donors (Lipinski definition) is 3. The topological polar surface area (TPSA) is 153 Å². The Hall–Kier alpha value is -3.01. The Morgan fingerprint density at radius 1 is 0.933 bits per heavy atom. The van der Waals surface area contributed by atoms with Crippen molar-refractivity contribution in [1.29, 1.82) is 0 Å². The minimum atomic E-state index is -0.760. The van der Waals surface area contributed by atoms with Gasteiger partial charge in [-0.25, -0.2) is 4.98 Å². The number of hydrogen-bond acceptors (Lipinski definition) is 8. The molecule has 2 aromatic rings. The summed E-state index contributed by atoms with van der Waals surface area (Å²) in [5.74, 6) is -0.523. The Balaban J connectivity index is 1.18. The van der Waals surface area contributed by atoms with Crippen molar-refractivity contribution in [2.75, 3.05) is 12.3 Å². The molecule has 2 heterocycles. The Bertz CT molecular complexity index is 1250. The van der Waals surface area contributed by atoms with E-state index >= 15 is 0 Å². The van der Waals surface area contributed by atoms with Crippen molar-refractivity contribution in [2.24, 2.45) is 5.92 Å². The molecule has 10 nitrogen and oxygen atoms in total. The van der Waals surface area contributed by atoms with Crippen molar-refractivity contribution >= 4 is 28.9 Å². The molecule has 0 radical (unpaired) electrons. The lowest BCUT2D eigenvalue weighted by Crippen LogP contribution is -2.22. The number of aromatic nitrogens is 4. The summed E-state index contributed by atoms with van der Waals surface area (Å²) in [5, 5.41) is 10.7. The number of ketones is 1. The summed E-state index contributed by atoms with van der Waals surface area (Å²) in [6, 6.07) is -0.349. The Morgan fingerprint density at radius 2 is 1.47 bits per heavy atom. The molecule has 0 spiro atoms. The van der Waals surface area contributed by atoms with Crippen molar-refractivity contribution in [3.63, 3.8) is 0 Å². The van der Waals surface area contributed by atoms with E-state index in [1.807, 2.05) is 0 Å². The van der Waals surface area contributed by atoms with Gasteiger partial charge in [-0.1, -0.05) is 103 Å². The number of nitrogens with one attached hydrogen (secondary N) is 1. The maximum atomic E-state index is 12.4. The van der Waals surface area contributed by atoms with Crippen LogP contribution >= 0.6 is 0 Å². The van der Waals surface area contributed by atoms with Crippen molar-refractivity contribution in [1.82, 2.24) is 19.5 Å². The quantitative estimate of drug-likeness (QED) is 0.0632. The molecule has 3 rings (SSSR count). The van der Waals surface area contributed by atoms with Crippen LogP contribution in [0.3, 0.4) is 0 Å². The lowest BCUT2D eigenvalue weighted by atomic mass is 10.0. The number of esters is 1. The number of H-pyrrole nitrogens is 1. The van der Waals surface area contributed by atoms with E-state index in [2.05, 4.69) is 28.5 Å². The smallest absolute Gasteiger partial charge is 0.305 e. The third kappa shape index (κ3) is 12.4. The fourth-order valence-corrected chi connectivity index (χ4v) is 6.38. The van der Waals surface area contributed by atoms with Gasteiger partial charge in [0, 0.05) is 25.2 Å². The van der Waals surface area contributed by atoms with Crippen LogP contribution in [0.25, 0.3) is 11.2 Å². The lowest BCUT2D eigenvalue weighted by molar-refractivity contribution is -0.145. The first-order valence-electron chi connectivity index (χ1n) is 17.6. The van der Waals surface area contributed by atoms with E-state index in [0.717, 1.165) is 12.8 Å². The van der Waals surface area contributed by atoms with E-state index in [-0.39, 0.29) is 42.3 Å². The molecule has 3 atom stereocenters. The van der Waals surface area contributed by atoms with Crippen LogP contribution in [0.15, 0.2) is 23.3 Å². The second kappa shape index (κ2) is 20.2. The number of nitrogen functional groups attached to an aromatic ring is 1. The number of fused-ring (bicyclic) bond motifs is 1. The number of imidazole rings is 1. The maximum Gasteiger partial charge on any atom is 0.305 e. The minimum Gasteiger partial charge on any atom is -0.465 e. The molecule has 1 saturated carbocycles. The highest BCUT2D eigenvalue weighted by molar-refractivity contribution is 5.78. The molecule has 0 aliphatic heterocycles. The molecule has 1 aliphatic rings. The van der Waals surface area contributed by atoms with Crippen LogP contribution in [0.1, 0.15) is 148 Å². The van der Waals surface area contributed by atoms with Crippen LogP contribution in [0, 0.1) is 5.92 Å². The second-order valence-corrected chi connectivity index (χ2v) is 12.9. The molecule has 10 heteroatoms. The Morgan fingerprint density at radius 3 is 2.07 bits per heavy atom. The van der Waals surface area contributed by atoms with Crippen molar-refractivity contribution in [3.05, 3.63) is 28.8 Å². The number of nitrogens with two attached hydrogens (primary N) is 1. The molecule has 0 aromatic carbocycles. The highest BCUT2D eigenvalue weighted by Crippen LogP contribution is 2.40. The van der Waals surface area contributed by atoms with E-state index < -0.39 is 17.6 Å². The number of anilines is 1. The summed E-state index contributed by atoms with van der Waals surface area (Å²) in [6.07, 6.45) is 23.4. The largest absolute Gasteiger partial charge is 0.465 e. The van der Waals surface area contributed by atoms with Gasteiger partial charge in [0.05, 0.1) is 18.5 Å².